The van der Waals surface area contributed by atoms with E-state index in [0.717, 1.165) is 5.56 Å². The van der Waals surface area contributed by atoms with E-state index in [4.69, 9.17) is 16.3 Å². The highest BCUT2D eigenvalue weighted by molar-refractivity contribution is 6.30. The van der Waals surface area contributed by atoms with Gasteiger partial charge < -0.3 is 10.1 Å². The van der Waals surface area contributed by atoms with Gasteiger partial charge in [0.05, 0.1) is 5.02 Å². The summed E-state index contributed by atoms with van der Waals surface area (Å²) in [7, 11) is 0. The first-order chi connectivity index (χ1) is 12.6. The normalized spacial score (nSPS) is 10.4. The number of carbonyl (C=O) groups excluding carboxylic acids is 1. The number of benzene rings is 2. The number of carbonyl (C=O) groups is 1. The Bertz CT molecular complexity index is 886. The van der Waals surface area contributed by atoms with Crippen molar-refractivity contribution in [2.45, 2.75) is 13.2 Å². The Hall–Kier alpha value is -2.92. The van der Waals surface area contributed by atoms with Gasteiger partial charge in [-0.15, -0.1) is 0 Å². The number of hydrogen-bond donors (Lipinski definition) is 1. The van der Waals surface area contributed by atoms with Gasteiger partial charge in [-0.2, -0.15) is 0 Å². The zero-order chi connectivity index (χ0) is 18.4. The first-order valence-corrected chi connectivity index (χ1v) is 8.33. The molecule has 0 unspecified atom stereocenters. The number of nitrogens with one attached hydrogen (secondary N) is 1. The first kappa shape index (κ1) is 17.9. The third-order valence-electron chi connectivity index (χ3n) is 3.71. The molecule has 0 aliphatic rings. The highest BCUT2D eigenvalue weighted by Gasteiger charge is 2.06. The lowest BCUT2D eigenvalue weighted by molar-refractivity contribution is 0.0951. The van der Waals surface area contributed by atoms with Gasteiger partial charge in [0.15, 0.2) is 0 Å². The average molecular weight is 371 g/mol. The average Bonchev–Trinajstić information content (AvgIpc) is 2.68. The van der Waals surface area contributed by atoms with Gasteiger partial charge in [0.1, 0.15) is 18.2 Å². The largest absolute Gasteiger partial charge is 0.489 e. The van der Waals surface area contributed by atoms with Crippen LogP contribution in [0.1, 0.15) is 21.5 Å². The zero-order valence-corrected chi connectivity index (χ0v) is 14.5. The van der Waals surface area contributed by atoms with E-state index in [1.807, 2.05) is 12.1 Å². The molecule has 0 spiro atoms. The number of amides is 1. The van der Waals surface area contributed by atoms with E-state index in [1.165, 1.54) is 12.1 Å². The van der Waals surface area contributed by atoms with Crippen LogP contribution in [0, 0.1) is 5.82 Å². The van der Waals surface area contributed by atoms with Gasteiger partial charge in [0, 0.05) is 24.5 Å². The zero-order valence-electron chi connectivity index (χ0n) is 13.8. The van der Waals surface area contributed by atoms with Crippen LogP contribution in [-0.4, -0.2) is 10.9 Å². The summed E-state index contributed by atoms with van der Waals surface area (Å²) < 4.78 is 19.0. The minimum Gasteiger partial charge on any atom is -0.489 e. The molecule has 2 aromatic carbocycles. The molecule has 1 aromatic heterocycles. The Morgan fingerprint density at radius 1 is 1.04 bits per heavy atom. The van der Waals surface area contributed by atoms with Crippen molar-refractivity contribution >= 4 is 17.5 Å². The van der Waals surface area contributed by atoms with Crippen LogP contribution in [-0.2, 0) is 13.2 Å². The molecule has 0 saturated carbocycles. The molecule has 1 amide bonds. The van der Waals surface area contributed by atoms with E-state index in [9.17, 15) is 9.18 Å². The smallest absolute Gasteiger partial charge is 0.251 e. The predicted molar refractivity (Wildman–Crippen MR) is 97.6 cm³/mol. The van der Waals surface area contributed by atoms with E-state index < -0.39 is 5.82 Å². The van der Waals surface area contributed by atoms with Gasteiger partial charge in [0.2, 0.25) is 0 Å². The second-order valence-electron chi connectivity index (χ2n) is 5.60. The second kappa shape index (κ2) is 8.45. The summed E-state index contributed by atoms with van der Waals surface area (Å²) in [6, 6.07) is 15.0. The lowest BCUT2D eigenvalue weighted by Gasteiger charge is -2.08. The molecular formula is C20H16ClFN2O2. The maximum Gasteiger partial charge on any atom is 0.251 e. The second-order valence-corrected chi connectivity index (χ2v) is 6.01. The minimum atomic E-state index is -0.478. The van der Waals surface area contributed by atoms with Gasteiger partial charge in [-0.3, -0.25) is 9.78 Å². The van der Waals surface area contributed by atoms with Crippen molar-refractivity contribution in [3.8, 4) is 5.75 Å². The lowest BCUT2D eigenvalue weighted by atomic mass is 10.2. The SMILES string of the molecule is O=C(NCc1ccncc1)c1ccc(OCc2ccc(Cl)c(F)c2)cc1. The van der Waals surface area contributed by atoms with E-state index >= 15 is 0 Å². The summed E-state index contributed by atoms with van der Waals surface area (Å²) in [4.78, 5) is 16.1. The molecule has 0 atom stereocenters. The van der Waals surface area contributed by atoms with Gasteiger partial charge in [-0.25, -0.2) is 4.39 Å². The monoisotopic (exact) mass is 370 g/mol. The molecule has 0 aliphatic heterocycles. The number of halogens is 2. The number of nitrogens with zero attached hydrogens (tertiary/aromatic N) is 1. The van der Waals surface area contributed by atoms with Gasteiger partial charge in [-0.05, 0) is 59.7 Å². The fourth-order valence-corrected chi connectivity index (χ4v) is 2.40. The van der Waals surface area contributed by atoms with Gasteiger partial charge in [0.25, 0.3) is 5.91 Å². The molecule has 4 nitrogen and oxygen atoms in total. The Kier molecular flexibility index (Phi) is 5.81. The highest BCUT2D eigenvalue weighted by Crippen LogP contribution is 2.18. The van der Waals surface area contributed by atoms with E-state index in [-0.39, 0.29) is 17.5 Å². The van der Waals surface area contributed by atoms with Crippen LogP contribution < -0.4 is 10.1 Å². The number of rotatable bonds is 6. The molecule has 0 fully saturated rings. The van der Waals surface area contributed by atoms with Crippen molar-refractivity contribution in [2.24, 2.45) is 0 Å². The fourth-order valence-electron chi connectivity index (χ4n) is 2.28. The minimum absolute atomic E-state index is 0.0795. The van der Waals surface area contributed by atoms with Crippen molar-refractivity contribution in [1.82, 2.24) is 10.3 Å². The maximum absolute atomic E-state index is 13.4. The van der Waals surface area contributed by atoms with Crippen LogP contribution in [0.4, 0.5) is 4.39 Å². The Labute approximate surface area is 155 Å². The van der Waals surface area contributed by atoms with Crippen LogP contribution in [0.15, 0.2) is 67.0 Å². The number of aromatic nitrogens is 1. The number of ether oxygens (including phenoxy) is 1. The summed E-state index contributed by atoms with van der Waals surface area (Å²) in [5.41, 5.74) is 2.18. The van der Waals surface area contributed by atoms with Crippen LogP contribution in [0.25, 0.3) is 0 Å². The van der Waals surface area contributed by atoms with E-state index in [1.54, 1.807) is 42.7 Å². The van der Waals surface area contributed by atoms with Crippen LogP contribution >= 0.6 is 11.6 Å². The Morgan fingerprint density at radius 3 is 2.46 bits per heavy atom. The van der Waals surface area contributed by atoms with E-state index in [2.05, 4.69) is 10.3 Å². The molecule has 0 aliphatic carbocycles. The van der Waals surface area contributed by atoms with Gasteiger partial charge >= 0.3 is 0 Å². The van der Waals surface area contributed by atoms with Crippen molar-refractivity contribution in [2.75, 3.05) is 0 Å². The molecule has 0 radical (unpaired) electrons. The van der Waals surface area contributed by atoms with Crippen LogP contribution in [0.3, 0.4) is 0 Å². The van der Waals surface area contributed by atoms with Crippen LogP contribution in [0.5, 0.6) is 5.75 Å². The topological polar surface area (TPSA) is 51.2 Å². The molecule has 6 heteroatoms. The Morgan fingerprint density at radius 2 is 1.77 bits per heavy atom. The van der Waals surface area contributed by atoms with E-state index in [0.29, 0.717) is 23.4 Å². The third-order valence-corrected chi connectivity index (χ3v) is 4.01. The standard InChI is InChI=1S/C20H16ClFN2O2/c21-18-6-1-15(11-19(18)22)13-26-17-4-2-16(3-5-17)20(25)24-12-14-7-9-23-10-8-14/h1-11H,12-13H2,(H,24,25). The summed E-state index contributed by atoms with van der Waals surface area (Å²) >= 11 is 5.65. The molecular weight excluding hydrogens is 355 g/mol. The third kappa shape index (κ3) is 4.80. The molecule has 1 N–H and O–H groups in total. The summed E-state index contributed by atoms with van der Waals surface area (Å²) in [5.74, 6) is -0.0619. The van der Waals surface area contributed by atoms with Gasteiger partial charge in [-0.1, -0.05) is 17.7 Å². The predicted octanol–water partition coefficient (Wildman–Crippen LogP) is 4.38. The molecule has 1 heterocycles. The molecule has 3 aromatic rings. The summed E-state index contributed by atoms with van der Waals surface area (Å²) in [6.45, 7) is 0.642. The number of hydrogen-bond acceptors (Lipinski definition) is 3. The fraction of sp³-hybridized carbons (Fsp3) is 0.100. The maximum atomic E-state index is 13.4. The highest BCUT2D eigenvalue weighted by atomic mass is 35.5. The lowest BCUT2D eigenvalue weighted by Crippen LogP contribution is -2.22. The molecule has 0 saturated heterocycles. The molecule has 26 heavy (non-hydrogen) atoms. The summed E-state index contributed by atoms with van der Waals surface area (Å²) in [6.07, 6.45) is 3.36. The number of pyridine rings is 1. The molecule has 132 valence electrons. The van der Waals surface area contributed by atoms with Crippen LogP contribution in [0.2, 0.25) is 5.02 Å². The quantitative estimate of drug-likeness (QED) is 0.700. The van der Waals surface area contributed by atoms with Crippen molar-refractivity contribution < 1.29 is 13.9 Å². The Balaban J connectivity index is 1.54. The molecule has 3 rings (SSSR count). The first-order valence-electron chi connectivity index (χ1n) is 7.96. The molecule has 0 bridgehead atoms. The summed E-state index contributed by atoms with van der Waals surface area (Å²) in [5, 5.41) is 2.92. The van der Waals surface area contributed by atoms with Crippen molar-refractivity contribution in [3.63, 3.8) is 0 Å². The van der Waals surface area contributed by atoms with Crippen molar-refractivity contribution in [3.05, 3.63) is 94.5 Å². The van der Waals surface area contributed by atoms with Crippen molar-refractivity contribution in [1.29, 1.82) is 0 Å².